The first kappa shape index (κ1) is 27.4. The van der Waals surface area contributed by atoms with Crippen molar-refractivity contribution in [1.29, 1.82) is 0 Å². The summed E-state index contributed by atoms with van der Waals surface area (Å²) >= 11 is 0. The average molecular weight is 444 g/mol. The lowest BCUT2D eigenvalue weighted by molar-refractivity contribution is -0.253. The molecule has 1 saturated heterocycles. The van der Waals surface area contributed by atoms with Crippen LogP contribution in [0.3, 0.4) is 0 Å². The fourth-order valence-corrected chi connectivity index (χ4v) is 3.76. The third-order valence-corrected chi connectivity index (χ3v) is 5.11. The lowest BCUT2D eigenvalue weighted by Crippen LogP contribution is -2.62. The standard InChI is InChI=1S/C23H41NO7/c1-8-18-15(2)21(29-17(4)26)20(24-16(3)25)22(30-18)28-14-12-10-9-11-13-19(27)31-23(5,6)7/h15,18,20-22H,8-14H2,1-7H3,(H,24,25)/t15-,18+,20+,21-,22?/m0/s1. The summed E-state index contributed by atoms with van der Waals surface area (Å²) in [6.45, 7) is 12.8. The molecule has 0 spiro atoms. The van der Waals surface area contributed by atoms with Crippen molar-refractivity contribution in [1.82, 2.24) is 5.32 Å². The Hall–Kier alpha value is -1.67. The molecule has 0 aromatic heterocycles. The molecule has 1 heterocycles. The molecular weight excluding hydrogens is 402 g/mol. The summed E-state index contributed by atoms with van der Waals surface area (Å²) in [6.07, 6.45) is 3.20. The quantitative estimate of drug-likeness (QED) is 0.385. The van der Waals surface area contributed by atoms with Crippen LogP contribution in [-0.2, 0) is 33.3 Å². The largest absolute Gasteiger partial charge is 0.460 e. The first-order chi connectivity index (χ1) is 14.4. The van der Waals surface area contributed by atoms with Gasteiger partial charge in [-0.2, -0.15) is 0 Å². The highest BCUT2D eigenvalue weighted by molar-refractivity contribution is 5.73. The van der Waals surface area contributed by atoms with E-state index in [-0.39, 0.29) is 23.9 Å². The van der Waals surface area contributed by atoms with Crippen LogP contribution < -0.4 is 5.32 Å². The molecule has 0 bridgehead atoms. The molecule has 5 atom stereocenters. The van der Waals surface area contributed by atoms with Crippen LogP contribution in [0.1, 0.15) is 87.0 Å². The van der Waals surface area contributed by atoms with Gasteiger partial charge in [0.2, 0.25) is 5.91 Å². The van der Waals surface area contributed by atoms with Crippen LogP contribution in [0.15, 0.2) is 0 Å². The van der Waals surface area contributed by atoms with Gasteiger partial charge in [-0.1, -0.05) is 26.7 Å². The zero-order valence-corrected chi connectivity index (χ0v) is 20.2. The first-order valence-electron chi connectivity index (χ1n) is 11.4. The summed E-state index contributed by atoms with van der Waals surface area (Å²) in [6, 6.07) is -0.564. The Morgan fingerprint density at radius 3 is 2.23 bits per heavy atom. The molecular formula is C23H41NO7. The lowest BCUT2D eigenvalue weighted by Gasteiger charge is -2.44. The number of amides is 1. The molecule has 0 aromatic rings. The maximum absolute atomic E-state index is 11.7. The molecule has 0 aliphatic carbocycles. The van der Waals surface area contributed by atoms with E-state index in [1.807, 2.05) is 34.6 Å². The molecule has 1 unspecified atom stereocenters. The summed E-state index contributed by atoms with van der Waals surface area (Å²) in [4.78, 5) is 35.1. The monoisotopic (exact) mass is 443 g/mol. The molecule has 1 aliphatic heterocycles. The number of esters is 2. The van der Waals surface area contributed by atoms with Gasteiger partial charge >= 0.3 is 11.9 Å². The van der Waals surface area contributed by atoms with Gasteiger partial charge in [-0.25, -0.2) is 0 Å². The summed E-state index contributed by atoms with van der Waals surface area (Å²) in [5.74, 6) is -0.872. The fourth-order valence-electron chi connectivity index (χ4n) is 3.76. The Balaban J connectivity index is 2.51. The number of rotatable bonds is 11. The summed E-state index contributed by atoms with van der Waals surface area (Å²) in [5, 5.41) is 2.84. The van der Waals surface area contributed by atoms with Gasteiger partial charge in [-0.15, -0.1) is 0 Å². The van der Waals surface area contributed by atoms with Crippen molar-refractivity contribution in [2.45, 2.75) is 117 Å². The fraction of sp³-hybridized carbons (Fsp3) is 0.870. The summed E-state index contributed by atoms with van der Waals surface area (Å²) < 4.78 is 22.9. The van der Waals surface area contributed by atoms with Crippen LogP contribution in [0.4, 0.5) is 0 Å². The number of unbranched alkanes of at least 4 members (excludes halogenated alkanes) is 3. The van der Waals surface area contributed by atoms with E-state index in [0.29, 0.717) is 13.0 Å². The molecule has 8 heteroatoms. The van der Waals surface area contributed by atoms with E-state index >= 15 is 0 Å². The van der Waals surface area contributed by atoms with Crippen molar-refractivity contribution in [3.8, 4) is 0 Å². The third-order valence-electron chi connectivity index (χ3n) is 5.11. The van der Waals surface area contributed by atoms with Gasteiger partial charge < -0.3 is 24.3 Å². The van der Waals surface area contributed by atoms with Crippen LogP contribution in [0.2, 0.25) is 0 Å². The normalized spacial score (nSPS) is 26.2. The Kier molecular flexibility index (Phi) is 11.5. The zero-order valence-electron chi connectivity index (χ0n) is 20.2. The SMILES string of the molecule is CC[C@H]1OC(OCCCCCCC(=O)OC(C)(C)C)[C@H](NC(C)=O)[C@@H](OC(C)=O)[C@H]1C. The van der Waals surface area contributed by atoms with Gasteiger partial charge in [0.15, 0.2) is 6.29 Å². The van der Waals surface area contributed by atoms with Crippen molar-refractivity contribution in [2.24, 2.45) is 5.92 Å². The van der Waals surface area contributed by atoms with Crippen molar-refractivity contribution in [3.05, 3.63) is 0 Å². The molecule has 1 aliphatic rings. The second-order valence-corrected chi connectivity index (χ2v) is 9.23. The zero-order chi connectivity index (χ0) is 23.6. The second-order valence-electron chi connectivity index (χ2n) is 9.23. The van der Waals surface area contributed by atoms with Crippen LogP contribution in [0.25, 0.3) is 0 Å². The number of nitrogens with one attached hydrogen (secondary N) is 1. The molecule has 1 fully saturated rings. The second kappa shape index (κ2) is 13.0. The minimum absolute atomic E-state index is 0.0709. The van der Waals surface area contributed by atoms with Gasteiger partial charge in [0.1, 0.15) is 17.7 Å². The predicted octanol–water partition coefficient (Wildman–Crippen LogP) is 3.50. The number of carbonyl (C=O) groups excluding carboxylic acids is 3. The number of carbonyl (C=O) groups is 3. The Morgan fingerprint density at radius 1 is 1.03 bits per heavy atom. The Labute approximate surface area is 186 Å². The van der Waals surface area contributed by atoms with E-state index in [0.717, 1.165) is 32.1 Å². The highest BCUT2D eigenvalue weighted by Gasteiger charge is 2.46. The van der Waals surface area contributed by atoms with Gasteiger partial charge in [-0.3, -0.25) is 14.4 Å². The molecule has 8 nitrogen and oxygen atoms in total. The van der Waals surface area contributed by atoms with Gasteiger partial charge in [0, 0.05) is 32.8 Å². The molecule has 0 saturated carbocycles. The van der Waals surface area contributed by atoms with E-state index in [1.165, 1.54) is 13.8 Å². The molecule has 0 aromatic carbocycles. The van der Waals surface area contributed by atoms with E-state index in [1.54, 1.807) is 0 Å². The van der Waals surface area contributed by atoms with Crippen LogP contribution in [0, 0.1) is 5.92 Å². The summed E-state index contributed by atoms with van der Waals surface area (Å²) in [5.41, 5.74) is -0.451. The molecule has 180 valence electrons. The third kappa shape index (κ3) is 10.5. The lowest BCUT2D eigenvalue weighted by atomic mass is 9.87. The van der Waals surface area contributed by atoms with Gasteiger partial charge in [-0.05, 0) is 40.0 Å². The molecule has 31 heavy (non-hydrogen) atoms. The topological polar surface area (TPSA) is 100 Å². The minimum atomic E-state index is -0.684. The van der Waals surface area contributed by atoms with E-state index in [2.05, 4.69) is 5.32 Å². The molecule has 1 N–H and O–H groups in total. The number of hydrogen-bond acceptors (Lipinski definition) is 7. The van der Waals surface area contributed by atoms with E-state index < -0.39 is 30.0 Å². The van der Waals surface area contributed by atoms with E-state index in [4.69, 9.17) is 18.9 Å². The van der Waals surface area contributed by atoms with Crippen LogP contribution in [0.5, 0.6) is 0 Å². The van der Waals surface area contributed by atoms with Crippen LogP contribution in [-0.4, -0.2) is 54.6 Å². The maximum Gasteiger partial charge on any atom is 0.306 e. The Bertz CT molecular complexity index is 587. The average Bonchev–Trinajstić information content (AvgIpc) is 2.63. The predicted molar refractivity (Wildman–Crippen MR) is 116 cm³/mol. The van der Waals surface area contributed by atoms with Gasteiger partial charge in [0.05, 0.1) is 6.10 Å². The number of hydrogen-bond donors (Lipinski definition) is 1. The molecule has 1 amide bonds. The summed E-state index contributed by atoms with van der Waals surface area (Å²) in [7, 11) is 0. The smallest absolute Gasteiger partial charge is 0.306 e. The minimum Gasteiger partial charge on any atom is -0.460 e. The van der Waals surface area contributed by atoms with Crippen LogP contribution >= 0.6 is 0 Å². The maximum atomic E-state index is 11.7. The van der Waals surface area contributed by atoms with E-state index in [9.17, 15) is 14.4 Å². The van der Waals surface area contributed by atoms with Crippen molar-refractivity contribution < 1.29 is 33.3 Å². The van der Waals surface area contributed by atoms with Crippen molar-refractivity contribution in [2.75, 3.05) is 6.61 Å². The molecule has 1 rings (SSSR count). The molecule has 0 radical (unpaired) electrons. The highest BCUT2D eigenvalue weighted by Crippen LogP contribution is 2.31. The van der Waals surface area contributed by atoms with Crippen molar-refractivity contribution >= 4 is 17.8 Å². The first-order valence-corrected chi connectivity index (χ1v) is 11.4. The van der Waals surface area contributed by atoms with Gasteiger partial charge in [0.25, 0.3) is 0 Å². The highest BCUT2D eigenvalue weighted by atomic mass is 16.7. The Morgan fingerprint density at radius 2 is 1.68 bits per heavy atom. The van der Waals surface area contributed by atoms with Crippen molar-refractivity contribution in [3.63, 3.8) is 0 Å². The number of ether oxygens (including phenoxy) is 4.